The summed E-state index contributed by atoms with van der Waals surface area (Å²) < 4.78 is 12.9. The first-order valence-electron chi connectivity index (χ1n) is 7.72. The molecule has 0 saturated carbocycles. The van der Waals surface area contributed by atoms with Gasteiger partial charge in [-0.15, -0.1) is 0 Å². The van der Waals surface area contributed by atoms with Gasteiger partial charge in [-0.1, -0.05) is 42.0 Å². The van der Waals surface area contributed by atoms with Crippen molar-refractivity contribution in [3.8, 4) is 0 Å². The summed E-state index contributed by atoms with van der Waals surface area (Å²) in [5, 5.41) is 12.7. The number of amides is 1. The van der Waals surface area contributed by atoms with Crippen molar-refractivity contribution in [1.82, 2.24) is 5.32 Å². The molecule has 2 aromatic carbocycles. The van der Waals surface area contributed by atoms with Gasteiger partial charge in [-0.25, -0.2) is 4.39 Å². The van der Waals surface area contributed by atoms with Crippen LogP contribution in [0.4, 0.5) is 4.39 Å². The lowest BCUT2D eigenvalue weighted by molar-refractivity contribution is -0.117. The molecule has 0 heterocycles. The molecular formula is C19H20FNO3. The van der Waals surface area contributed by atoms with Gasteiger partial charge in [0.25, 0.3) is 5.91 Å². The number of hydrogen-bond acceptors (Lipinski definition) is 3. The Morgan fingerprint density at radius 2 is 1.67 bits per heavy atom. The second-order valence-corrected chi connectivity index (χ2v) is 5.87. The highest BCUT2D eigenvalue weighted by Gasteiger charge is 2.20. The molecule has 4 nitrogen and oxygen atoms in total. The van der Waals surface area contributed by atoms with Crippen molar-refractivity contribution in [3.63, 3.8) is 0 Å². The minimum Gasteiger partial charge on any atom is -0.388 e. The molecule has 2 atom stereocenters. The highest BCUT2D eigenvalue weighted by Crippen LogP contribution is 2.18. The molecule has 0 fully saturated rings. The molecule has 2 N–H and O–H groups in total. The van der Waals surface area contributed by atoms with Crippen LogP contribution in [-0.2, 0) is 4.79 Å². The summed E-state index contributed by atoms with van der Waals surface area (Å²) in [5.41, 5.74) is 1.88. The summed E-state index contributed by atoms with van der Waals surface area (Å²) in [6, 6.07) is 11.9. The fourth-order valence-electron chi connectivity index (χ4n) is 2.34. The molecule has 0 aliphatic rings. The minimum absolute atomic E-state index is 0.221. The summed E-state index contributed by atoms with van der Waals surface area (Å²) in [5.74, 6) is -1.70. The quantitative estimate of drug-likeness (QED) is 0.632. The van der Waals surface area contributed by atoms with E-state index in [9.17, 15) is 19.1 Å². The van der Waals surface area contributed by atoms with Crippen LogP contribution in [-0.4, -0.2) is 22.8 Å². The van der Waals surface area contributed by atoms with Gasteiger partial charge in [0.15, 0.2) is 0 Å². The maximum Gasteiger partial charge on any atom is 0.292 e. The normalized spacial score (nSPS) is 13.2. The van der Waals surface area contributed by atoms with E-state index in [0.29, 0.717) is 11.1 Å². The Bertz CT molecular complexity index is 710. The molecule has 0 saturated heterocycles. The fraction of sp³-hybridized carbons (Fsp3) is 0.263. The second-order valence-electron chi connectivity index (χ2n) is 5.87. The first-order valence-corrected chi connectivity index (χ1v) is 7.72. The van der Waals surface area contributed by atoms with Gasteiger partial charge in [-0.05, 0) is 38.0 Å². The average molecular weight is 329 g/mol. The minimum atomic E-state index is -0.852. The Kier molecular flexibility index (Phi) is 5.82. The summed E-state index contributed by atoms with van der Waals surface area (Å²) in [6.07, 6.45) is -0.631. The number of Topliss-reactive ketones (excluding diaryl/α,β-unsaturated/α-hetero) is 1. The van der Waals surface area contributed by atoms with Crippen molar-refractivity contribution in [1.29, 1.82) is 0 Å². The molecule has 0 radical (unpaired) electrons. The van der Waals surface area contributed by atoms with Crippen LogP contribution in [0.2, 0.25) is 0 Å². The van der Waals surface area contributed by atoms with Crippen LogP contribution in [0.25, 0.3) is 0 Å². The molecule has 5 heteroatoms. The Balaban J connectivity index is 1.92. The van der Waals surface area contributed by atoms with E-state index >= 15 is 0 Å². The number of nitrogens with one attached hydrogen (secondary N) is 1. The number of benzene rings is 2. The van der Waals surface area contributed by atoms with Gasteiger partial charge in [0, 0.05) is 11.6 Å². The van der Waals surface area contributed by atoms with Crippen LogP contribution in [0, 0.1) is 12.7 Å². The van der Waals surface area contributed by atoms with Gasteiger partial charge in [0.2, 0.25) is 5.78 Å². The number of ketones is 1. The number of rotatable bonds is 6. The van der Waals surface area contributed by atoms with Crippen molar-refractivity contribution in [2.75, 3.05) is 0 Å². The zero-order valence-electron chi connectivity index (χ0n) is 13.6. The zero-order chi connectivity index (χ0) is 17.7. The zero-order valence-corrected chi connectivity index (χ0v) is 13.6. The van der Waals surface area contributed by atoms with Gasteiger partial charge >= 0.3 is 0 Å². The molecule has 0 aliphatic carbocycles. The number of halogens is 1. The molecule has 2 aromatic rings. The third kappa shape index (κ3) is 4.73. The highest BCUT2D eigenvalue weighted by atomic mass is 19.1. The van der Waals surface area contributed by atoms with E-state index in [-0.39, 0.29) is 12.2 Å². The monoisotopic (exact) mass is 329 g/mol. The number of carbonyl (C=O) groups excluding carboxylic acids is 2. The number of aliphatic hydroxyl groups excluding tert-OH is 1. The average Bonchev–Trinajstić information content (AvgIpc) is 2.55. The van der Waals surface area contributed by atoms with Crippen molar-refractivity contribution >= 4 is 11.7 Å². The SMILES string of the molecule is Cc1ccc(C(=O)C(=O)NC(C)CC(O)c2ccc(F)cc2)cc1. The molecule has 2 unspecified atom stereocenters. The van der Waals surface area contributed by atoms with E-state index in [0.717, 1.165) is 5.56 Å². The summed E-state index contributed by atoms with van der Waals surface area (Å²) in [7, 11) is 0. The highest BCUT2D eigenvalue weighted by molar-refractivity contribution is 6.42. The Hall–Kier alpha value is -2.53. The lowest BCUT2D eigenvalue weighted by Gasteiger charge is -2.18. The third-order valence-electron chi connectivity index (χ3n) is 3.73. The predicted molar refractivity (Wildman–Crippen MR) is 89.1 cm³/mol. The van der Waals surface area contributed by atoms with Crippen LogP contribution in [0.15, 0.2) is 48.5 Å². The summed E-state index contributed by atoms with van der Waals surface area (Å²) >= 11 is 0. The van der Waals surface area contributed by atoms with Gasteiger partial charge in [0.05, 0.1) is 6.10 Å². The number of aryl methyl sites for hydroxylation is 1. The van der Waals surface area contributed by atoms with E-state index < -0.39 is 23.8 Å². The standard InChI is InChI=1S/C19H20FNO3/c1-12-3-5-15(6-4-12)18(23)19(24)21-13(2)11-17(22)14-7-9-16(20)10-8-14/h3-10,13,17,22H,11H2,1-2H3,(H,21,24). The van der Waals surface area contributed by atoms with Gasteiger partial charge in [-0.3, -0.25) is 9.59 Å². The maximum atomic E-state index is 12.9. The predicted octanol–water partition coefficient (Wildman–Crippen LogP) is 2.95. The van der Waals surface area contributed by atoms with Crippen LogP contribution in [0.3, 0.4) is 0 Å². The smallest absolute Gasteiger partial charge is 0.292 e. The Morgan fingerprint density at radius 1 is 1.08 bits per heavy atom. The lowest BCUT2D eigenvalue weighted by Crippen LogP contribution is -2.38. The molecule has 2 rings (SSSR count). The maximum absolute atomic E-state index is 12.9. The number of aliphatic hydroxyl groups is 1. The molecule has 1 amide bonds. The number of carbonyl (C=O) groups is 2. The van der Waals surface area contributed by atoms with E-state index in [1.54, 1.807) is 31.2 Å². The molecule has 0 spiro atoms. The molecule has 126 valence electrons. The van der Waals surface area contributed by atoms with Crippen LogP contribution in [0.5, 0.6) is 0 Å². The van der Waals surface area contributed by atoms with Gasteiger partial charge in [0.1, 0.15) is 5.82 Å². The molecule has 0 aliphatic heterocycles. The van der Waals surface area contributed by atoms with Crippen molar-refractivity contribution in [2.24, 2.45) is 0 Å². The van der Waals surface area contributed by atoms with Crippen LogP contribution < -0.4 is 5.32 Å². The van der Waals surface area contributed by atoms with E-state index in [1.807, 2.05) is 6.92 Å². The van der Waals surface area contributed by atoms with Crippen LogP contribution >= 0.6 is 0 Å². The topological polar surface area (TPSA) is 66.4 Å². The summed E-state index contributed by atoms with van der Waals surface area (Å²) in [6.45, 7) is 3.60. The largest absolute Gasteiger partial charge is 0.388 e. The third-order valence-corrected chi connectivity index (χ3v) is 3.73. The molecular weight excluding hydrogens is 309 g/mol. The Morgan fingerprint density at radius 3 is 2.25 bits per heavy atom. The van der Waals surface area contributed by atoms with Crippen LogP contribution in [0.1, 0.15) is 40.9 Å². The first-order chi connectivity index (χ1) is 11.4. The molecule has 0 aromatic heterocycles. The first kappa shape index (κ1) is 17.8. The second kappa shape index (κ2) is 7.84. The van der Waals surface area contributed by atoms with E-state index in [2.05, 4.69) is 5.32 Å². The van der Waals surface area contributed by atoms with Crippen molar-refractivity contribution in [3.05, 3.63) is 71.0 Å². The van der Waals surface area contributed by atoms with Crippen molar-refractivity contribution < 1.29 is 19.1 Å². The Labute approximate surface area is 140 Å². The molecule has 0 bridgehead atoms. The number of hydrogen-bond donors (Lipinski definition) is 2. The van der Waals surface area contributed by atoms with Crippen molar-refractivity contribution in [2.45, 2.75) is 32.4 Å². The lowest BCUT2D eigenvalue weighted by atomic mass is 10.0. The van der Waals surface area contributed by atoms with Gasteiger partial charge < -0.3 is 10.4 Å². The molecule has 24 heavy (non-hydrogen) atoms. The van der Waals surface area contributed by atoms with E-state index in [4.69, 9.17) is 0 Å². The fourth-order valence-corrected chi connectivity index (χ4v) is 2.34. The van der Waals surface area contributed by atoms with E-state index in [1.165, 1.54) is 24.3 Å². The van der Waals surface area contributed by atoms with Gasteiger partial charge in [-0.2, -0.15) is 0 Å². The summed E-state index contributed by atoms with van der Waals surface area (Å²) in [4.78, 5) is 24.1.